The molecule has 1 aliphatic heterocycles. The number of oxazole rings is 1. The van der Waals surface area contributed by atoms with E-state index >= 15 is 0 Å². The Morgan fingerprint density at radius 3 is 2.76 bits per heavy atom. The van der Waals surface area contributed by atoms with Gasteiger partial charge in [0.2, 0.25) is 5.89 Å². The molecule has 29 heavy (non-hydrogen) atoms. The van der Waals surface area contributed by atoms with Gasteiger partial charge in [0.15, 0.2) is 5.96 Å². The van der Waals surface area contributed by atoms with E-state index in [0.717, 1.165) is 55.7 Å². The van der Waals surface area contributed by atoms with Gasteiger partial charge in [-0.2, -0.15) is 0 Å². The van der Waals surface area contributed by atoms with E-state index < -0.39 is 0 Å². The van der Waals surface area contributed by atoms with Crippen LogP contribution in [0.1, 0.15) is 69.8 Å². The Kier molecular flexibility index (Phi) is 8.91. The van der Waals surface area contributed by atoms with Gasteiger partial charge in [-0.25, -0.2) is 4.98 Å². The molecule has 2 aromatic heterocycles. The van der Waals surface area contributed by atoms with Crippen LogP contribution in [0.2, 0.25) is 0 Å². The lowest BCUT2D eigenvalue weighted by Crippen LogP contribution is -2.37. The predicted octanol–water partition coefficient (Wildman–Crippen LogP) is 3.21. The van der Waals surface area contributed by atoms with E-state index in [9.17, 15) is 0 Å². The highest BCUT2D eigenvalue weighted by Gasteiger charge is 2.19. The number of nitrogens with zero attached hydrogens (tertiary/aromatic N) is 5. The number of rotatable bonds is 6. The molecule has 0 saturated heterocycles. The van der Waals surface area contributed by atoms with E-state index in [2.05, 4.69) is 56.1 Å². The van der Waals surface area contributed by atoms with Crippen molar-refractivity contribution in [1.82, 2.24) is 30.4 Å². The van der Waals surface area contributed by atoms with E-state index in [0.29, 0.717) is 12.4 Å². The molecule has 0 amide bonds. The summed E-state index contributed by atoms with van der Waals surface area (Å²) in [5.74, 6) is 4.56. The minimum Gasteiger partial charge on any atom is -0.443 e. The number of halogens is 1. The maximum Gasteiger partial charge on any atom is 0.213 e. The van der Waals surface area contributed by atoms with Crippen LogP contribution in [0.25, 0.3) is 0 Å². The standard InChI is InChI=1S/C20H33N7O.HI/c1-20(2,3)15-13-23-18(28-15)14-24-19(21-4)22-11-8-10-17-26-25-16-9-6-5-7-12-27(16)17;/h13H,5-12,14H2,1-4H3,(H2,21,22,24);1H. The Morgan fingerprint density at radius 2 is 2.03 bits per heavy atom. The lowest BCUT2D eigenvalue weighted by atomic mass is 9.94. The van der Waals surface area contributed by atoms with E-state index in [4.69, 9.17) is 4.42 Å². The summed E-state index contributed by atoms with van der Waals surface area (Å²) >= 11 is 0. The first kappa shape index (κ1) is 23.6. The number of aryl methyl sites for hydroxylation is 2. The number of aromatic nitrogens is 4. The molecule has 0 bridgehead atoms. The molecule has 3 rings (SSSR count). The quantitative estimate of drug-likeness (QED) is 0.266. The topological polar surface area (TPSA) is 93.2 Å². The molecule has 0 unspecified atom stereocenters. The minimum absolute atomic E-state index is 0. The Morgan fingerprint density at radius 1 is 1.21 bits per heavy atom. The van der Waals surface area contributed by atoms with Gasteiger partial charge in [0, 0.05) is 38.4 Å². The van der Waals surface area contributed by atoms with Crippen LogP contribution in [-0.2, 0) is 31.3 Å². The summed E-state index contributed by atoms with van der Waals surface area (Å²) in [5.41, 5.74) is -0.0366. The third-order valence-electron chi connectivity index (χ3n) is 4.98. The summed E-state index contributed by atoms with van der Waals surface area (Å²) < 4.78 is 8.12. The largest absolute Gasteiger partial charge is 0.443 e. The third-order valence-corrected chi connectivity index (χ3v) is 4.98. The molecule has 0 radical (unpaired) electrons. The van der Waals surface area contributed by atoms with Crippen LogP contribution >= 0.6 is 24.0 Å². The van der Waals surface area contributed by atoms with E-state index in [-0.39, 0.29) is 29.4 Å². The van der Waals surface area contributed by atoms with Crippen molar-refractivity contribution in [3.63, 3.8) is 0 Å². The molecule has 0 fully saturated rings. The van der Waals surface area contributed by atoms with Gasteiger partial charge in [0.25, 0.3) is 0 Å². The Labute approximate surface area is 190 Å². The number of aliphatic imine (C=N–C) groups is 1. The molecule has 3 heterocycles. The molecule has 0 aromatic carbocycles. The molecule has 162 valence electrons. The highest BCUT2D eigenvalue weighted by Crippen LogP contribution is 2.22. The normalized spacial score (nSPS) is 14.7. The predicted molar refractivity (Wildman–Crippen MR) is 125 cm³/mol. The molecular weight excluding hydrogens is 481 g/mol. The summed E-state index contributed by atoms with van der Waals surface area (Å²) in [6.45, 7) is 8.72. The summed E-state index contributed by atoms with van der Waals surface area (Å²) in [6, 6.07) is 0. The molecule has 0 aliphatic carbocycles. The van der Waals surface area contributed by atoms with Crippen LogP contribution in [0.15, 0.2) is 15.6 Å². The van der Waals surface area contributed by atoms with Crippen molar-refractivity contribution >= 4 is 29.9 Å². The lowest BCUT2D eigenvalue weighted by Gasteiger charge is -2.13. The highest BCUT2D eigenvalue weighted by molar-refractivity contribution is 14.0. The van der Waals surface area contributed by atoms with Gasteiger partial charge in [-0.1, -0.05) is 27.2 Å². The summed E-state index contributed by atoms with van der Waals surface area (Å²) in [4.78, 5) is 8.61. The molecule has 0 spiro atoms. The van der Waals surface area contributed by atoms with Crippen molar-refractivity contribution in [2.45, 2.75) is 77.8 Å². The first-order chi connectivity index (χ1) is 13.5. The fourth-order valence-corrected chi connectivity index (χ4v) is 3.30. The monoisotopic (exact) mass is 515 g/mol. The average Bonchev–Trinajstić information content (AvgIpc) is 3.22. The molecule has 1 aliphatic rings. The molecular formula is C20H34IN7O. The molecule has 0 saturated carbocycles. The Hall–Kier alpha value is -1.65. The molecule has 2 aromatic rings. The van der Waals surface area contributed by atoms with Crippen LogP contribution in [0.3, 0.4) is 0 Å². The van der Waals surface area contributed by atoms with E-state index in [1.165, 1.54) is 19.3 Å². The van der Waals surface area contributed by atoms with Crippen LogP contribution in [0, 0.1) is 0 Å². The van der Waals surface area contributed by atoms with Crippen molar-refractivity contribution in [3.05, 3.63) is 29.5 Å². The van der Waals surface area contributed by atoms with Crippen LogP contribution in [0.5, 0.6) is 0 Å². The second kappa shape index (κ2) is 10.9. The number of nitrogens with one attached hydrogen (secondary N) is 2. The first-order valence-electron chi connectivity index (χ1n) is 10.3. The maximum absolute atomic E-state index is 5.81. The van der Waals surface area contributed by atoms with Crippen molar-refractivity contribution < 1.29 is 4.42 Å². The number of hydrogen-bond acceptors (Lipinski definition) is 5. The molecule has 2 N–H and O–H groups in total. The van der Waals surface area contributed by atoms with Crippen LogP contribution < -0.4 is 10.6 Å². The van der Waals surface area contributed by atoms with Gasteiger partial charge in [-0.05, 0) is 19.3 Å². The van der Waals surface area contributed by atoms with Gasteiger partial charge in [0.05, 0.1) is 12.7 Å². The summed E-state index contributed by atoms with van der Waals surface area (Å²) in [5, 5.41) is 15.4. The zero-order chi connectivity index (χ0) is 20.0. The lowest BCUT2D eigenvalue weighted by molar-refractivity contribution is 0.379. The zero-order valence-electron chi connectivity index (χ0n) is 18.0. The van der Waals surface area contributed by atoms with Crippen molar-refractivity contribution in [2.75, 3.05) is 13.6 Å². The number of guanidine groups is 1. The SMILES string of the molecule is CN=C(NCCCc1nnc2n1CCCCC2)NCc1ncc(C(C)(C)C)o1.I. The minimum atomic E-state index is -0.0366. The Bertz CT molecular complexity index is 791. The van der Waals surface area contributed by atoms with Crippen molar-refractivity contribution in [2.24, 2.45) is 4.99 Å². The van der Waals surface area contributed by atoms with Crippen LogP contribution in [0.4, 0.5) is 0 Å². The van der Waals surface area contributed by atoms with Gasteiger partial charge >= 0.3 is 0 Å². The third kappa shape index (κ3) is 6.68. The molecule has 0 atom stereocenters. The van der Waals surface area contributed by atoms with Crippen LogP contribution in [-0.4, -0.2) is 39.3 Å². The molecule has 8 nitrogen and oxygen atoms in total. The maximum atomic E-state index is 5.81. The first-order valence-corrected chi connectivity index (χ1v) is 10.3. The van der Waals surface area contributed by atoms with E-state index in [1.807, 2.05) is 0 Å². The van der Waals surface area contributed by atoms with Crippen molar-refractivity contribution in [3.8, 4) is 0 Å². The Balaban J connectivity index is 0.00000300. The second-order valence-electron chi connectivity index (χ2n) is 8.32. The fourth-order valence-electron chi connectivity index (χ4n) is 3.30. The van der Waals surface area contributed by atoms with Gasteiger partial charge in [-0.3, -0.25) is 4.99 Å². The van der Waals surface area contributed by atoms with Crippen molar-refractivity contribution in [1.29, 1.82) is 0 Å². The number of fused-ring (bicyclic) bond motifs is 1. The zero-order valence-corrected chi connectivity index (χ0v) is 20.3. The second-order valence-corrected chi connectivity index (χ2v) is 8.32. The highest BCUT2D eigenvalue weighted by atomic mass is 127. The van der Waals surface area contributed by atoms with Gasteiger partial charge < -0.3 is 19.6 Å². The number of hydrogen-bond donors (Lipinski definition) is 2. The average molecular weight is 515 g/mol. The summed E-state index contributed by atoms with van der Waals surface area (Å²) in [7, 11) is 1.77. The van der Waals surface area contributed by atoms with Gasteiger partial charge in [0.1, 0.15) is 17.4 Å². The summed E-state index contributed by atoms with van der Waals surface area (Å²) in [6.07, 6.45) is 8.49. The molecule has 9 heteroatoms. The van der Waals surface area contributed by atoms with E-state index in [1.54, 1.807) is 13.2 Å². The van der Waals surface area contributed by atoms with Gasteiger partial charge in [-0.15, -0.1) is 34.2 Å². The smallest absolute Gasteiger partial charge is 0.213 e. The fraction of sp³-hybridized carbons (Fsp3) is 0.700.